The van der Waals surface area contributed by atoms with E-state index in [1.54, 1.807) is 11.3 Å². The number of thiophene rings is 1. The summed E-state index contributed by atoms with van der Waals surface area (Å²) in [7, 11) is 1.98. The molecule has 106 valence electrons. The van der Waals surface area contributed by atoms with E-state index in [-0.39, 0.29) is 6.04 Å². The van der Waals surface area contributed by atoms with Gasteiger partial charge in [0, 0.05) is 4.88 Å². The van der Waals surface area contributed by atoms with Crippen molar-refractivity contribution in [1.82, 2.24) is 5.32 Å². The third kappa shape index (κ3) is 3.18. The molecule has 0 amide bonds. The first-order valence-electron chi connectivity index (χ1n) is 6.86. The predicted molar refractivity (Wildman–Crippen MR) is 92.1 cm³/mol. The maximum atomic E-state index is 6.04. The topological polar surface area (TPSA) is 12.0 Å². The number of benzene rings is 2. The Balaban J connectivity index is 1.89. The van der Waals surface area contributed by atoms with Crippen LogP contribution in [-0.2, 0) is 0 Å². The highest BCUT2D eigenvalue weighted by molar-refractivity contribution is 7.16. The Kier molecular flexibility index (Phi) is 4.39. The number of nitrogens with one attached hydrogen (secondary N) is 1. The van der Waals surface area contributed by atoms with Crippen LogP contribution in [0.25, 0.3) is 11.1 Å². The third-order valence-electron chi connectivity index (χ3n) is 3.52. The second-order valence-corrected chi connectivity index (χ2v) is 6.60. The molecule has 1 N–H and O–H groups in total. The van der Waals surface area contributed by atoms with Crippen LogP contribution in [0.5, 0.6) is 0 Å². The first-order valence-corrected chi connectivity index (χ1v) is 8.05. The minimum atomic E-state index is 0.187. The van der Waals surface area contributed by atoms with Crippen LogP contribution in [0.4, 0.5) is 0 Å². The summed E-state index contributed by atoms with van der Waals surface area (Å²) in [5.74, 6) is 0. The van der Waals surface area contributed by atoms with E-state index < -0.39 is 0 Å². The molecular formula is C18H16ClNS. The van der Waals surface area contributed by atoms with Crippen molar-refractivity contribution < 1.29 is 0 Å². The molecule has 1 heterocycles. The van der Waals surface area contributed by atoms with Gasteiger partial charge in [-0.05, 0) is 35.9 Å². The Labute approximate surface area is 134 Å². The molecule has 1 atom stereocenters. The molecule has 1 unspecified atom stereocenters. The summed E-state index contributed by atoms with van der Waals surface area (Å²) in [5, 5.41) is 3.36. The zero-order valence-corrected chi connectivity index (χ0v) is 13.3. The van der Waals surface area contributed by atoms with Crippen molar-refractivity contribution in [2.75, 3.05) is 7.05 Å². The molecule has 0 saturated heterocycles. The molecule has 3 rings (SSSR count). The molecular weight excluding hydrogens is 298 g/mol. The molecule has 3 heteroatoms. The molecule has 0 saturated carbocycles. The Morgan fingerprint density at radius 2 is 1.52 bits per heavy atom. The van der Waals surface area contributed by atoms with Gasteiger partial charge in [-0.25, -0.2) is 0 Å². The van der Waals surface area contributed by atoms with E-state index in [9.17, 15) is 0 Å². The van der Waals surface area contributed by atoms with Crippen LogP contribution in [-0.4, -0.2) is 7.05 Å². The van der Waals surface area contributed by atoms with Crippen molar-refractivity contribution in [3.8, 4) is 11.1 Å². The SMILES string of the molecule is CNC(c1ccc(-c2ccccc2)cc1)c1ccc(Cl)s1. The summed E-state index contributed by atoms with van der Waals surface area (Å²) in [5.41, 5.74) is 3.72. The molecule has 3 aromatic rings. The van der Waals surface area contributed by atoms with Crippen molar-refractivity contribution in [3.63, 3.8) is 0 Å². The van der Waals surface area contributed by atoms with E-state index in [0.717, 1.165) is 4.34 Å². The zero-order chi connectivity index (χ0) is 14.7. The Bertz CT molecular complexity index is 704. The average Bonchev–Trinajstić information content (AvgIpc) is 2.96. The van der Waals surface area contributed by atoms with Crippen LogP contribution in [0.3, 0.4) is 0 Å². The van der Waals surface area contributed by atoms with Gasteiger partial charge in [0.1, 0.15) is 0 Å². The number of rotatable bonds is 4. The number of hydrogen-bond donors (Lipinski definition) is 1. The lowest BCUT2D eigenvalue weighted by Crippen LogP contribution is -2.16. The average molecular weight is 314 g/mol. The van der Waals surface area contributed by atoms with Gasteiger partial charge in [-0.1, -0.05) is 66.2 Å². The van der Waals surface area contributed by atoms with Gasteiger partial charge in [-0.3, -0.25) is 0 Å². The summed E-state index contributed by atoms with van der Waals surface area (Å²) in [4.78, 5) is 1.23. The van der Waals surface area contributed by atoms with Gasteiger partial charge in [0.25, 0.3) is 0 Å². The Morgan fingerprint density at radius 3 is 2.10 bits per heavy atom. The van der Waals surface area contributed by atoms with E-state index in [1.165, 1.54) is 21.6 Å². The van der Waals surface area contributed by atoms with Crippen molar-refractivity contribution in [2.45, 2.75) is 6.04 Å². The van der Waals surface area contributed by atoms with E-state index in [4.69, 9.17) is 11.6 Å². The highest BCUT2D eigenvalue weighted by Crippen LogP contribution is 2.31. The molecule has 0 bridgehead atoms. The molecule has 1 nitrogen and oxygen atoms in total. The summed E-state index contributed by atoms with van der Waals surface area (Å²) in [6.07, 6.45) is 0. The molecule has 2 aromatic carbocycles. The minimum Gasteiger partial charge on any atom is -0.309 e. The number of hydrogen-bond acceptors (Lipinski definition) is 2. The van der Waals surface area contributed by atoms with Crippen LogP contribution in [0.1, 0.15) is 16.5 Å². The zero-order valence-electron chi connectivity index (χ0n) is 11.7. The molecule has 0 aliphatic carbocycles. The van der Waals surface area contributed by atoms with Gasteiger partial charge in [0.05, 0.1) is 10.4 Å². The van der Waals surface area contributed by atoms with Gasteiger partial charge in [-0.15, -0.1) is 11.3 Å². The largest absolute Gasteiger partial charge is 0.309 e. The lowest BCUT2D eigenvalue weighted by molar-refractivity contribution is 0.704. The van der Waals surface area contributed by atoms with Crippen molar-refractivity contribution in [2.24, 2.45) is 0 Å². The lowest BCUT2D eigenvalue weighted by atomic mass is 10.00. The molecule has 21 heavy (non-hydrogen) atoms. The summed E-state index contributed by atoms with van der Waals surface area (Å²) < 4.78 is 0.825. The smallest absolute Gasteiger partial charge is 0.0931 e. The van der Waals surface area contributed by atoms with Crippen LogP contribution in [0.2, 0.25) is 4.34 Å². The summed E-state index contributed by atoms with van der Waals surface area (Å²) in [6, 6.07) is 23.3. The van der Waals surface area contributed by atoms with Gasteiger partial charge in [-0.2, -0.15) is 0 Å². The predicted octanol–water partition coefficient (Wildman–Crippen LogP) is 5.38. The highest BCUT2D eigenvalue weighted by Gasteiger charge is 2.14. The van der Waals surface area contributed by atoms with Crippen LogP contribution in [0, 0.1) is 0 Å². The molecule has 0 spiro atoms. The molecule has 0 aliphatic rings. The third-order valence-corrected chi connectivity index (χ3v) is 4.81. The van der Waals surface area contributed by atoms with Gasteiger partial charge >= 0.3 is 0 Å². The van der Waals surface area contributed by atoms with E-state index >= 15 is 0 Å². The Hall–Kier alpha value is -1.61. The fraction of sp³-hybridized carbons (Fsp3) is 0.111. The summed E-state index contributed by atoms with van der Waals surface area (Å²) in [6.45, 7) is 0. The maximum Gasteiger partial charge on any atom is 0.0931 e. The summed E-state index contributed by atoms with van der Waals surface area (Å²) >= 11 is 7.66. The monoisotopic (exact) mass is 313 g/mol. The van der Waals surface area contributed by atoms with Crippen LogP contribution >= 0.6 is 22.9 Å². The van der Waals surface area contributed by atoms with Crippen molar-refractivity contribution in [1.29, 1.82) is 0 Å². The van der Waals surface area contributed by atoms with Crippen molar-refractivity contribution >= 4 is 22.9 Å². The second kappa shape index (κ2) is 6.44. The quantitative estimate of drug-likeness (QED) is 0.682. The van der Waals surface area contributed by atoms with E-state index in [1.807, 2.05) is 19.2 Å². The van der Waals surface area contributed by atoms with Crippen molar-refractivity contribution in [3.05, 3.63) is 81.5 Å². The van der Waals surface area contributed by atoms with Gasteiger partial charge < -0.3 is 5.32 Å². The fourth-order valence-electron chi connectivity index (χ4n) is 2.46. The minimum absolute atomic E-state index is 0.187. The molecule has 0 fully saturated rings. The van der Waals surface area contributed by atoms with Crippen LogP contribution < -0.4 is 5.32 Å². The Morgan fingerprint density at radius 1 is 0.857 bits per heavy atom. The molecule has 0 aliphatic heterocycles. The van der Waals surface area contributed by atoms with E-state index in [2.05, 4.69) is 59.9 Å². The van der Waals surface area contributed by atoms with Gasteiger partial charge in [0.15, 0.2) is 0 Å². The van der Waals surface area contributed by atoms with Gasteiger partial charge in [0.2, 0.25) is 0 Å². The lowest BCUT2D eigenvalue weighted by Gasteiger charge is -2.15. The molecule has 1 aromatic heterocycles. The molecule has 0 radical (unpaired) electrons. The maximum absolute atomic E-state index is 6.04. The fourth-order valence-corrected chi connectivity index (χ4v) is 3.65. The number of halogens is 1. The second-order valence-electron chi connectivity index (χ2n) is 4.85. The first-order chi connectivity index (χ1) is 10.3. The first kappa shape index (κ1) is 14.3. The standard InChI is InChI=1S/C18H16ClNS/c1-20-18(16-11-12-17(19)21-16)15-9-7-14(8-10-15)13-5-3-2-4-6-13/h2-12,18,20H,1H3. The highest BCUT2D eigenvalue weighted by atomic mass is 35.5. The normalized spacial score (nSPS) is 12.3. The van der Waals surface area contributed by atoms with Crippen LogP contribution in [0.15, 0.2) is 66.7 Å². The van der Waals surface area contributed by atoms with E-state index in [0.29, 0.717) is 0 Å².